The quantitative estimate of drug-likeness (QED) is 0.617. The highest BCUT2D eigenvalue weighted by Crippen LogP contribution is 2.01. The van der Waals surface area contributed by atoms with Gasteiger partial charge in [-0.1, -0.05) is 0 Å². The summed E-state index contributed by atoms with van der Waals surface area (Å²) in [6, 6.07) is -0.0247. The fourth-order valence-electron chi connectivity index (χ4n) is 1.43. The van der Waals surface area contributed by atoms with E-state index < -0.39 is 0 Å². The maximum absolute atomic E-state index is 11.5. The Bertz CT molecular complexity index is 239. The van der Waals surface area contributed by atoms with Gasteiger partial charge in [-0.15, -0.1) is 11.8 Å². The molecule has 0 saturated carbocycles. The van der Waals surface area contributed by atoms with E-state index in [4.69, 9.17) is 0 Å². The van der Waals surface area contributed by atoms with Crippen molar-refractivity contribution in [2.45, 2.75) is 26.3 Å². The molecule has 1 heterocycles. The van der Waals surface area contributed by atoms with Gasteiger partial charge in [-0.25, -0.2) is 0 Å². The van der Waals surface area contributed by atoms with E-state index in [0.717, 1.165) is 26.1 Å². The van der Waals surface area contributed by atoms with E-state index >= 15 is 0 Å². The second-order valence-electron chi connectivity index (χ2n) is 3.18. The van der Waals surface area contributed by atoms with Crippen LogP contribution in [-0.4, -0.2) is 36.5 Å². The Hall–Kier alpha value is -1.01. The molecule has 1 atom stereocenters. The molecule has 1 aliphatic heterocycles. The molecule has 0 radical (unpaired) electrons. The second-order valence-corrected chi connectivity index (χ2v) is 3.18. The standard InChI is InChI=1S/C10H16N2O/c1-3-4-5-7-12-8-6-11-9(2)10(12)13/h9,11H,5-8H2,1-2H3. The van der Waals surface area contributed by atoms with Gasteiger partial charge < -0.3 is 10.2 Å². The minimum Gasteiger partial charge on any atom is -0.339 e. The van der Waals surface area contributed by atoms with Crippen LogP contribution >= 0.6 is 0 Å². The minimum absolute atomic E-state index is 0.0247. The highest BCUT2D eigenvalue weighted by Gasteiger charge is 2.23. The van der Waals surface area contributed by atoms with Gasteiger partial charge in [0, 0.05) is 26.1 Å². The van der Waals surface area contributed by atoms with Gasteiger partial charge in [0.05, 0.1) is 6.04 Å². The zero-order valence-electron chi connectivity index (χ0n) is 8.26. The number of rotatable bonds is 2. The third-order valence-corrected chi connectivity index (χ3v) is 2.20. The first-order valence-electron chi connectivity index (χ1n) is 4.67. The zero-order chi connectivity index (χ0) is 9.68. The molecule has 0 bridgehead atoms. The predicted octanol–water partition coefficient (Wildman–Crippen LogP) is 0.220. The number of carbonyl (C=O) groups excluding carboxylic acids is 1. The van der Waals surface area contributed by atoms with E-state index in [9.17, 15) is 4.79 Å². The molecule has 1 saturated heterocycles. The predicted molar refractivity (Wildman–Crippen MR) is 52.1 cm³/mol. The lowest BCUT2D eigenvalue weighted by Crippen LogP contribution is -2.53. The number of carbonyl (C=O) groups is 1. The summed E-state index contributed by atoms with van der Waals surface area (Å²) >= 11 is 0. The van der Waals surface area contributed by atoms with Crippen LogP contribution < -0.4 is 5.32 Å². The van der Waals surface area contributed by atoms with E-state index in [2.05, 4.69) is 17.2 Å². The van der Waals surface area contributed by atoms with Crippen molar-refractivity contribution in [1.82, 2.24) is 10.2 Å². The third kappa shape index (κ3) is 2.74. The van der Waals surface area contributed by atoms with Gasteiger partial charge >= 0.3 is 0 Å². The van der Waals surface area contributed by atoms with Crippen LogP contribution in [0.5, 0.6) is 0 Å². The normalized spacial score (nSPS) is 22.5. The Morgan fingerprint density at radius 2 is 2.46 bits per heavy atom. The summed E-state index contributed by atoms with van der Waals surface area (Å²) in [5.41, 5.74) is 0. The molecule has 1 fully saturated rings. The maximum atomic E-state index is 11.5. The summed E-state index contributed by atoms with van der Waals surface area (Å²) in [4.78, 5) is 13.4. The number of hydrogen-bond acceptors (Lipinski definition) is 2. The van der Waals surface area contributed by atoms with Crippen LogP contribution in [-0.2, 0) is 4.79 Å². The van der Waals surface area contributed by atoms with Crippen LogP contribution in [0.3, 0.4) is 0 Å². The smallest absolute Gasteiger partial charge is 0.239 e. The summed E-state index contributed by atoms with van der Waals surface area (Å²) in [7, 11) is 0. The molecule has 3 heteroatoms. The van der Waals surface area contributed by atoms with Crippen LogP contribution in [0, 0.1) is 11.8 Å². The van der Waals surface area contributed by atoms with Crippen LogP contribution in [0.15, 0.2) is 0 Å². The number of nitrogens with one attached hydrogen (secondary N) is 1. The van der Waals surface area contributed by atoms with Crippen LogP contribution in [0.4, 0.5) is 0 Å². The topological polar surface area (TPSA) is 32.3 Å². The Kier molecular flexibility index (Phi) is 3.78. The van der Waals surface area contributed by atoms with E-state index in [1.807, 2.05) is 18.7 Å². The van der Waals surface area contributed by atoms with Crippen molar-refractivity contribution in [3.63, 3.8) is 0 Å². The van der Waals surface area contributed by atoms with Gasteiger partial charge in [0.25, 0.3) is 0 Å². The fourth-order valence-corrected chi connectivity index (χ4v) is 1.43. The number of nitrogens with zero attached hydrogens (tertiary/aromatic N) is 1. The van der Waals surface area contributed by atoms with Crippen molar-refractivity contribution in [2.24, 2.45) is 0 Å². The fraction of sp³-hybridized carbons (Fsp3) is 0.700. The van der Waals surface area contributed by atoms with Gasteiger partial charge in [0.15, 0.2) is 0 Å². The van der Waals surface area contributed by atoms with Gasteiger partial charge in [0.1, 0.15) is 0 Å². The monoisotopic (exact) mass is 180 g/mol. The first-order valence-corrected chi connectivity index (χ1v) is 4.67. The van der Waals surface area contributed by atoms with E-state index in [-0.39, 0.29) is 11.9 Å². The molecule has 72 valence electrons. The van der Waals surface area contributed by atoms with Gasteiger partial charge in [-0.3, -0.25) is 4.79 Å². The Morgan fingerprint density at radius 3 is 3.15 bits per heavy atom. The summed E-state index contributed by atoms with van der Waals surface area (Å²) < 4.78 is 0. The molecule has 1 unspecified atom stereocenters. The Labute approximate surface area is 79.5 Å². The molecular weight excluding hydrogens is 164 g/mol. The van der Waals surface area contributed by atoms with Crippen molar-refractivity contribution >= 4 is 5.91 Å². The molecule has 0 aromatic carbocycles. The summed E-state index contributed by atoms with van der Waals surface area (Å²) in [5.74, 6) is 5.99. The highest BCUT2D eigenvalue weighted by molar-refractivity contribution is 5.82. The van der Waals surface area contributed by atoms with E-state index in [1.165, 1.54) is 0 Å². The lowest BCUT2D eigenvalue weighted by Gasteiger charge is -2.30. The minimum atomic E-state index is -0.0247. The second kappa shape index (κ2) is 4.88. The first kappa shape index (κ1) is 10.1. The van der Waals surface area contributed by atoms with Crippen molar-refractivity contribution in [3.05, 3.63) is 0 Å². The molecule has 3 nitrogen and oxygen atoms in total. The largest absolute Gasteiger partial charge is 0.339 e. The average molecular weight is 180 g/mol. The molecular formula is C10H16N2O. The average Bonchev–Trinajstić information content (AvgIpc) is 2.13. The van der Waals surface area contributed by atoms with Crippen molar-refractivity contribution < 1.29 is 4.79 Å². The SMILES string of the molecule is CC#CCCN1CCNC(C)C1=O. The number of piperazine rings is 1. The van der Waals surface area contributed by atoms with Gasteiger partial charge in [0.2, 0.25) is 5.91 Å². The van der Waals surface area contributed by atoms with E-state index in [0.29, 0.717) is 0 Å². The van der Waals surface area contributed by atoms with Crippen molar-refractivity contribution in [2.75, 3.05) is 19.6 Å². The summed E-state index contributed by atoms with van der Waals surface area (Å²) in [6.45, 7) is 6.20. The molecule has 1 aliphatic rings. The first-order chi connectivity index (χ1) is 6.25. The molecule has 1 rings (SSSR count). The lowest BCUT2D eigenvalue weighted by atomic mass is 10.2. The zero-order valence-corrected chi connectivity index (χ0v) is 8.26. The number of amides is 1. The van der Waals surface area contributed by atoms with Gasteiger partial charge in [-0.05, 0) is 13.8 Å². The molecule has 1 amide bonds. The summed E-state index contributed by atoms with van der Waals surface area (Å²) in [6.07, 6.45) is 0.787. The van der Waals surface area contributed by atoms with Crippen molar-refractivity contribution in [1.29, 1.82) is 0 Å². The maximum Gasteiger partial charge on any atom is 0.239 e. The summed E-state index contributed by atoms with van der Waals surface area (Å²) in [5, 5.41) is 3.12. The Balaban J connectivity index is 2.38. The molecule has 0 aromatic rings. The molecule has 0 spiro atoms. The Morgan fingerprint density at radius 1 is 1.69 bits per heavy atom. The van der Waals surface area contributed by atoms with Crippen molar-refractivity contribution in [3.8, 4) is 11.8 Å². The van der Waals surface area contributed by atoms with Gasteiger partial charge in [-0.2, -0.15) is 0 Å². The molecule has 0 aromatic heterocycles. The molecule has 0 aliphatic carbocycles. The van der Waals surface area contributed by atoms with Crippen LogP contribution in [0.2, 0.25) is 0 Å². The number of hydrogen-bond donors (Lipinski definition) is 1. The third-order valence-electron chi connectivity index (χ3n) is 2.20. The van der Waals surface area contributed by atoms with Crippen LogP contribution in [0.1, 0.15) is 20.3 Å². The van der Waals surface area contributed by atoms with E-state index in [1.54, 1.807) is 0 Å². The molecule has 1 N–H and O–H groups in total. The molecule has 13 heavy (non-hydrogen) atoms. The van der Waals surface area contributed by atoms with Crippen LogP contribution in [0.25, 0.3) is 0 Å². The lowest BCUT2D eigenvalue weighted by molar-refractivity contribution is -0.135. The highest BCUT2D eigenvalue weighted by atomic mass is 16.2.